The van der Waals surface area contributed by atoms with Crippen molar-refractivity contribution in [3.05, 3.63) is 29.8 Å². The lowest BCUT2D eigenvalue weighted by molar-refractivity contribution is 0.0972. The van der Waals surface area contributed by atoms with Gasteiger partial charge in [-0.05, 0) is 6.07 Å². The quantitative estimate of drug-likeness (QED) is 0.484. The van der Waals surface area contributed by atoms with Crippen molar-refractivity contribution in [3.8, 4) is 6.19 Å². The van der Waals surface area contributed by atoms with Gasteiger partial charge in [0.2, 0.25) is 0 Å². The first-order valence-electron chi connectivity index (χ1n) is 3.04. The number of hydrogen-bond acceptors (Lipinski definition) is 3. The summed E-state index contributed by atoms with van der Waals surface area (Å²) in [5, 5.41) is 9.92. The number of aromatic nitrogens is 1. The highest BCUT2D eigenvalue weighted by Crippen LogP contribution is 1.99. The van der Waals surface area contributed by atoms with Crippen LogP contribution in [0.15, 0.2) is 18.5 Å². The molecule has 0 unspecified atom stereocenters. The number of pyridine rings is 1. The van der Waals surface area contributed by atoms with Crippen LogP contribution in [-0.2, 0) is 0 Å². The van der Waals surface area contributed by atoms with Crippen molar-refractivity contribution in [1.82, 2.24) is 10.3 Å². The molecule has 0 aromatic carbocycles. The zero-order valence-corrected chi connectivity index (χ0v) is 5.91. The Balaban J connectivity index is 2.90. The maximum atomic E-state index is 12.4. The second kappa shape index (κ2) is 3.44. The number of halogens is 1. The number of carbonyl (C=O) groups is 1. The first-order chi connectivity index (χ1) is 5.74. The Morgan fingerprint density at radius 3 is 3.00 bits per heavy atom. The predicted octanol–water partition coefficient (Wildman–Crippen LogP) is 0.432. The third kappa shape index (κ3) is 1.76. The van der Waals surface area contributed by atoms with Crippen molar-refractivity contribution < 1.29 is 9.18 Å². The van der Waals surface area contributed by atoms with E-state index in [0.717, 1.165) is 12.3 Å². The van der Waals surface area contributed by atoms with E-state index in [-0.39, 0.29) is 5.56 Å². The molecule has 0 saturated carbocycles. The van der Waals surface area contributed by atoms with E-state index < -0.39 is 11.7 Å². The molecule has 0 aliphatic rings. The van der Waals surface area contributed by atoms with Crippen LogP contribution >= 0.6 is 0 Å². The number of nitrogens with one attached hydrogen (secondary N) is 1. The maximum Gasteiger partial charge on any atom is 0.265 e. The lowest BCUT2D eigenvalue weighted by Gasteiger charge is -1.95. The molecular formula is C7H4FN3O. The molecule has 1 N–H and O–H groups in total. The molecule has 0 atom stereocenters. The highest BCUT2D eigenvalue weighted by molar-refractivity contribution is 5.94. The number of carbonyl (C=O) groups excluding carboxylic acids is 1. The van der Waals surface area contributed by atoms with E-state index in [1.54, 1.807) is 0 Å². The summed E-state index contributed by atoms with van der Waals surface area (Å²) in [5.74, 6) is -1.27. The normalized spacial score (nSPS) is 8.67. The largest absolute Gasteiger partial charge is 0.268 e. The van der Waals surface area contributed by atoms with E-state index in [1.165, 1.54) is 12.4 Å². The molecule has 60 valence electrons. The van der Waals surface area contributed by atoms with E-state index in [4.69, 9.17) is 5.26 Å². The minimum absolute atomic E-state index is 0.0246. The predicted molar refractivity (Wildman–Crippen MR) is 37.3 cm³/mol. The van der Waals surface area contributed by atoms with Gasteiger partial charge in [-0.3, -0.25) is 15.1 Å². The fourth-order valence-electron chi connectivity index (χ4n) is 0.659. The number of hydrogen-bond donors (Lipinski definition) is 1. The average molecular weight is 165 g/mol. The summed E-state index contributed by atoms with van der Waals surface area (Å²) >= 11 is 0. The van der Waals surface area contributed by atoms with E-state index in [9.17, 15) is 9.18 Å². The van der Waals surface area contributed by atoms with Crippen molar-refractivity contribution in [1.29, 1.82) is 5.26 Å². The highest BCUT2D eigenvalue weighted by Gasteiger charge is 2.04. The maximum absolute atomic E-state index is 12.4. The first-order valence-corrected chi connectivity index (χ1v) is 3.04. The molecule has 0 aliphatic heterocycles. The summed E-state index contributed by atoms with van der Waals surface area (Å²) in [5.41, 5.74) is 0.0246. The van der Waals surface area contributed by atoms with E-state index in [2.05, 4.69) is 4.98 Å². The standard InChI is InChI=1S/C7H4FN3O/c8-6-1-5(2-10-3-6)7(12)11-4-9/h1-3H,(H,11,12). The molecule has 0 radical (unpaired) electrons. The molecule has 1 amide bonds. The summed E-state index contributed by atoms with van der Waals surface area (Å²) in [6, 6.07) is 1.000. The number of nitrogens with zero attached hydrogens (tertiary/aromatic N) is 2. The summed E-state index contributed by atoms with van der Waals surface area (Å²) in [7, 11) is 0. The van der Waals surface area contributed by atoms with Gasteiger partial charge in [-0.1, -0.05) is 0 Å². The molecule has 0 fully saturated rings. The molecule has 1 rings (SSSR count). The molecule has 4 nitrogen and oxygen atoms in total. The molecule has 5 heteroatoms. The van der Waals surface area contributed by atoms with Crippen LogP contribution in [0, 0.1) is 17.3 Å². The monoisotopic (exact) mass is 165 g/mol. The molecule has 1 heterocycles. The van der Waals surface area contributed by atoms with Crippen molar-refractivity contribution in [3.63, 3.8) is 0 Å². The minimum atomic E-state index is -0.662. The van der Waals surface area contributed by atoms with Crippen molar-refractivity contribution >= 4 is 5.91 Å². The zero-order chi connectivity index (χ0) is 8.97. The Bertz CT molecular complexity index is 345. The van der Waals surface area contributed by atoms with E-state index in [1.807, 2.05) is 5.32 Å². The van der Waals surface area contributed by atoms with Gasteiger partial charge in [-0.25, -0.2) is 4.39 Å². The number of amides is 1. The van der Waals surface area contributed by atoms with Crippen LogP contribution in [0.3, 0.4) is 0 Å². The third-order valence-electron chi connectivity index (χ3n) is 1.14. The second-order valence-corrected chi connectivity index (χ2v) is 1.96. The Labute approximate surface area is 67.7 Å². The summed E-state index contributed by atoms with van der Waals surface area (Å²) in [6.07, 6.45) is 3.59. The second-order valence-electron chi connectivity index (χ2n) is 1.96. The van der Waals surface area contributed by atoms with Gasteiger partial charge in [0.05, 0.1) is 11.8 Å². The molecule has 0 aliphatic carbocycles. The van der Waals surface area contributed by atoms with Crippen LogP contribution in [-0.4, -0.2) is 10.9 Å². The van der Waals surface area contributed by atoms with Crippen molar-refractivity contribution in [2.24, 2.45) is 0 Å². The summed E-state index contributed by atoms with van der Waals surface area (Å²) in [6.45, 7) is 0. The molecule has 0 bridgehead atoms. The lowest BCUT2D eigenvalue weighted by atomic mass is 10.3. The number of nitriles is 1. The molecule has 12 heavy (non-hydrogen) atoms. The van der Waals surface area contributed by atoms with E-state index >= 15 is 0 Å². The average Bonchev–Trinajstić information content (AvgIpc) is 2.05. The zero-order valence-electron chi connectivity index (χ0n) is 5.91. The van der Waals surface area contributed by atoms with Crippen LogP contribution in [0.4, 0.5) is 4.39 Å². The smallest absolute Gasteiger partial charge is 0.265 e. The van der Waals surface area contributed by atoms with Crippen molar-refractivity contribution in [2.75, 3.05) is 0 Å². The first kappa shape index (κ1) is 8.14. The van der Waals surface area contributed by atoms with Gasteiger partial charge in [0.25, 0.3) is 5.91 Å². The topological polar surface area (TPSA) is 65.8 Å². The van der Waals surface area contributed by atoms with Gasteiger partial charge < -0.3 is 0 Å². The molecule has 0 saturated heterocycles. The Hall–Kier alpha value is -1.96. The van der Waals surface area contributed by atoms with Crippen LogP contribution in [0.5, 0.6) is 0 Å². The minimum Gasteiger partial charge on any atom is -0.268 e. The van der Waals surface area contributed by atoms with Crippen LogP contribution in [0.2, 0.25) is 0 Å². The fraction of sp³-hybridized carbons (Fsp3) is 0. The summed E-state index contributed by atoms with van der Waals surface area (Å²) in [4.78, 5) is 14.3. The molecule has 0 spiro atoms. The highest BCUT2D eigenvalue weighted by atomic mass is 19.1. The fourth-order valence-corrected chi connectivity index (χ4v) is 0.659. The Morgan fingerprint density at radius 1 is 1.67 bits per heavy atom. The van der Waals surface area contributed by atoms with Crippen molar-refractivity contribution in [2.45, 2.75) is 0 Å². The van der Waals surface area contributed by atoms with Gasteiger partial charge >= 0.3 is 0 Å². The van der Waals surface area contributed by atoms with Crippen LogP contribution < -0.4 is 5.32 Å². The molecule has 1 aromatic rings. The van der Waals surface area contributed by atoms with Gasteiger partial charge in [0.15, 0.2) is 6.19 Å². The van der Waals surface area contributed by atoms with Crippen LogP contribution in [0.1, 0.15) is 10.4 Å². The van der Waals surface area contributed by atoms with Gasteiger partial charge in [0.1, 0.15) is 5.82 Å². The van der Waals surface area contributed by atoms with Gasteiger partial charge in [-0.15, -0.1) is 0 Å². The lowest BCUT2D eigenvalue weighted by Crippen LogP contribution is -2.17. The molecule has 1 aromatic heterocycles. The SMILES string of the molecule is N#CNC(=O)c1cncc(F)c1. The third-order valence-corrected chi connectivity index (χ3v) is 1.14. The van der Waals surface area contributed by atoms with E-state index in [0.29, 0.717) is 0 Å². The Morgan fingerprint density at radius 2 is 2.42 bits per heavy atom. The number of rotatable bonds is 1. The molecular weight excluding hydrogens is 161 g/mol. The van der Waals surface area contributed by atoms with Crippen LogP contribution in [0.25, 0.3) is 0 Å². The van der Waals surface area contributed by atoms with Gasteiger partial charge in [-0.2, -0.15) is 5.26 Å². The van der Waals surface area contributed by atoms with Gasteiger partial charge in [0, 0.05) is 6.20 Å². The summed E-state index contributed by atoms with van der Waals surface area (Å²) < 4.78 is 12.4. The Kier molecular flexibility index (Phi) is 2.33.